The fraction of sp³-hybridized carbons (Fsp3) is 0.194. The number of esters is 1. The first-order valence-corrected chi connectivity index (χ1v) is 13.0. The van der Waals surface area contributed by atoms with Gasteiger partial charge in [-0.3, -0.25) is 4.79 Å². The average Bonchev–Trinajstić information content (AvgIpc) is 3.59. The number of carbonyl (C=O) groups excluding carboxylic acids is 3. The van der Waals surface area contributed by atoms with Crippen molar-refractivity contribution in [1.82, 2.24) is 20.6 Å². The summed E-state index contributed by atoms with van der Waals surface area (Å²) in [4.78, 5) is 45.5. The average molecular weight is 539 g/mol. The van der Waals surface area contributed by atoms with Crippen LogP contribution < -0.4 is 10.6 Å². The maximum atomic E-state index is 13.6. The molecule has 5 rings (SSSR count). The summed E-state index contributed by atoms with van der Waals surface area (Å²) in [7, 11) is 1.28. The van der Waals surface area contributed by atoms with Gasteiger partial charge in [-0.1, -0.05) is 66.7 Å². The van der Waals surface area contributed by atoms with Gasteiger partial charge in [-0.15, -0.1) is 0 Å². The van der Waals surface area contributed by atoms with Crippen LogP contribution in [0.25, 0.3) is 21.8 Å². The third-order valence-electron chi connectivity index (χ3n) is 6.82. The highest BCUT2D eigenvalue weighted by Gasteiger charge is 2.29. The number of aromatic amines is 2. The Balaban J connectivity index is 1.35. The highest BCUT2D eigenvalue weighted by Crippen LogP contribution is 2.21. The summed E-state index contributed by atoms with van der Waals surface area (Å²) >= 11 is 0. The molecule has 0 aliphatic rings. The van der Waals surface area contributed by atoms with Crippen LogP contribution in [0.4, 0.5) is 4.79 Å². The van der Waals surface area contributed by atoms with Gasteiger partial charge in [0.1, 0.15) is 18.7 Å². The van der Waals surface area contributed by atoms with E-state index in [9.17, 15) is 14.4 Å². The first kappa shape index (κ1) is 26.6. The van der Waals surface area contributed by atoms with Crippen molar-refractivity contribution in [1.29, 1.82) is 0 Å². The van der Waals surface area contributed by atoms with Crippen LogP contribution in [0.15, 0.2) is 91.3 Å². The van der Waals surface area contributed by atoms with Crippen LogP contribution in [0.1, 0.15) is 16.7 Å². The van der Waals surface area contributed by atoms with Crippen molar-refractivity contribution in [2.24, 2.45) is 0 Å². The predicted octanol–water partition coefficient (Wildman–Crippen LogP) is 4.39. The van der Waals surface area contributed by atoms with Gasteiger partial charge in [-0.25, -0.2) is 9.59 Å². The second kappa shape index (κ2) is 12.2. The lowest BCUT2D eigenvalue weighted by Crippen LogP contribution is -2.53. The van der Waals surface area contributed by atoms with Gasteiger partial charge in [-0.05, 0) is 28.8 Å². The summed E-state index contributed by atoms with van der Waals surface area (Å²) in [5.41, 5.74) is 4.35. The molecule has 2 atom stereocenters. The largest absolute Gasteiger partial charge is 0.467 e. The van der Waals surface area contributed by atoms with Gasteiger partial charge in [0.05, 0.1) is 7.11 Å². The number of benzene rings is 3. The van der Waals surface area contributed by atoms with Gasteiger partial charge in [-0.2, -0.15) is 0 Å². The van der Waals surface area contributed by atoms with Crippen LogP contribution in [0.3, 0.4) is 0 Å². The summed E-state index contributed by atoms with van der Waals surface area (Å²) in [6, 6.07) is 22.7. The summed E-state index contributed by atoms with van der Waals surface area (Å²) in [6.45, 7) is 0.0550. The lowest BCUT2D eigenvalue weighted by molar-refractivity contribution is -0.145. The Morgan fingerprint density at radius 1 is 0.725 bits per heavy atom. The SMILES string of the molecule is COC(=O)[C@H](Cc1c[nH]c2ccccc12)NC(=O)[C@H](Cc1c[nH]c2ccccc12)NC(=O)OCc1ccccc1. The highest BCUT2D eigenvalue weighted by molar-refractivity contribution is 5.92. The number of ether oxygens (including phenoxy) is 2. The molecule has 2 amide bonds. The molecule has 3 aromatic carbocycles. The van der Waals surface area contributed by atoms with Gasteiger partial charge in [0.2, 0.25) is 5.91 Å². The molecule has 0 aliphatic carbocycles. The van der Waals surface area contributed by atoms with Gasteiger partial charge in [0, 0.05) is 47.0 Å². The van der Waals surface area contributed by atoms with E-state index < -0.39 is 30.1 Å². The number of H-pyrrole nitrogens is 2. The summed E-state index contributed by atoms with van der Waals surface area (Å²) < 4.78 is 10.4. The molecule has 0 saturated carbocycles. The van der Waals surface area contributed by atoms with E-state index in [1.165, 1.54) is 7.11 Å². The number of alkyl carbamates (subject to hydrolysis) is 1. The predicted molar refractivity (Wildman–Crippen MR) is 152 cm³/mol. The Bertz CT molecular complexity index is 1620. The number of hydrogen-bond acceptors (Lipinski definition) is 5. The molecule has 0 saturated heterocycles. The minimum atomic E-state index is -1.02. The van der Waals surface area contributed by atoms with Gasteiger partial charge >= 0.3 is 12.1 Å². The number of carbonyl (C=O) groups is 3. The Kier molecular flexibility index (Phi) is 8.10. The molecule has 2 heterocycles. The third kappa shape index (κ3) is 6.15. The van der Waals surface area contributed by atoms with E-state index in [1.807, 2.05) is 91.3 Å². The van der Waals surface area contributed by atoms with E-state index in [0.717, 1.165) is 38.5 Å². The van der Waals surface area contributed by atoms with Crippen molar-refractivity contribution in [3.05, 3.63) is 108 Å². The zero-order valence-corrected chi connectivity index (χ0v) is 22.0. The minimum absolute atomic E-state index is 0.0550. The Morgan fingerprint density at radius 2 is 1.27 bits per heavy atom. The number of hydrogen-bond donors (Lipinski definition) is 4. The molecule has 9 nitrogen and oxygen atoms in total. The van der Waals surface area contributed by atoms with Gasteiger partial charge < -0.3 is 30.1 Å². The molecular weight excluding hydrogens is 508 g/mol. The third-order valence-corrected chi connectivity index (χ3v) is 6.82. The zero-order valence-electron chi connectivity index (χ0n) is 22.0. The van der Waals surface area contributed by atoms with E-state index in [1.54, 1.807) is 0 Å². The number of amides is 2. The maximum absolute atomic E-state index is 13.6. The number of aromatic nitrogens is 2. The van der Waals surface area contributed by atoms with Crippen LogP contribution in [-0.4, -0.2) is 47.1 Å². The van der Waals surface area contributed by atoms with Gasteiger partial charge in [0.25, 0.3) is 0 Å². The topological polar surface area (TPSA) is 125 Å². The first-order chi connectivity index (χ1) is 19.5. The fourth-order valence-corrected chi connectivity index (χ4v) is 4.77. The van der Waals surface area contributed by atoms with Crippen molar-refractivity contribution in [3.63, 3.8) is 0 Å². The van der Waals surface area contributed by atoms with Crippen LogP contribution in [0, 0.1) is 0 Å². The van der Waals surface area contributed by atoms with Crippen molar-refractivity contribution in [2.45, 2.75) is 31.5 Å². The summed E-state index contributed by atoms with van der Waals surface area (Å²) in [6.07, 6.45) is 3.27. The molecule has 0 aliphatic heterocycles. The molecular formula is C31H30N4O5. The standard InChI is InChI=1S/C31H30N4O5/c1-39-30(37)28(16-22-18-33-26-14-8-6-12-24(22)26)34-29(36)27(15-21-17-32-25-13-7-5-11-23(21)25)35-31(38)40-19-20-9-3-2-4-10-20/h2-14,17-18,27-28,32-33H,15-16,19H2,1H3,(H,34,36)(H,35,38)/t27-,28-/m0/s1. The summed E-state index contributed by atoms with van der Waals surface area (Å²) in [5, 5.41) is 7.38. The number of fused-ring (bicyclic) bond motifs is 2. The van der Waals surface area contributed by atoms with Crippen LogP contribution in [0.2, 0.25) is 0 Å². The van der Waals surface area contributed by atoms with Crippen molar-refractivity contribution in [3.8, 4) is 0 Å². The molecule has 204 valence electrons. The smallest absolute Gasteiger partial charge is 0.408 e. The Morgan fingerprint density at radius 3 is 1.88 bits per heavy atom. The lowest BCUT2D eigenvalue weighted by atomic mass is 10.0. The molecule has 0 fully saturated rings. The van der Waals surface area contributed by atoms with Crippen LogP contribution >= 0.6 is 0 Å². The van der Waals surface area contributed by atoms with E-state index in [4.69, 9.17) is 9.47 Å². The van der Waals surface area contributed by atoms with E-state index in [-0.39, 0.29) is 19.4 Å². The van der Waals surface area contributed by atoms with Crippen molar-refractivity contribution in [2.75, 3.05) is 7.11 Å². The van der Waals surface area contributed by atoms with Crippen LogP contribution in [0.5, 0.6) is 0 Å². The fourth-order valence-electron chi connectivity index (χ4n) is 4.77. The Hall–Kier alpha value is -5.05. The van der Waals surface area contributed by atoms with Gasteiger partial charge in [0.15, 0.2) is 0 Å². The Labute approximate surface area is 230 Å². The highest BCUT2D eigenvalue weighted by atomic mass is 16.5. The molecule has 2 aromatic heterocycles. The normalized spacial score (nSPS) is 12.5. The summed E-state index contributed by atoms with van der Waals surface area (Å²) in [5.74, 6) is -1.12. The molecule has 40 heavy (non-hydrogen) atoms. The number of methoxy groups -OCH3 is 1. The maximum Gasteiger partial charge on any atom is 0.408 e. The number of nitrogens with one attached hydrogen (secondary N) is 4. The number of rotatable bonds is 10. The first-order valence-electron chi connectivity index (χ1n) is 13.0. The minimum Gasteiger partial charge on any atom is -0.467 e. The number of para-hydroxylation sites is 2. The molecule has 4 N–H and O–H groups in total. The van der Waals surface area contributed by atoms with Crippen molar-refractivity contribution < 1.29 is 23.9 Å². The molecule has 0 unspecified atom stereocenters. The molecule has 0 spiro atoms. The second-order valence-electron chi connectivity index (χ2n) is 9.47. The van der Waals surface area contributed by atoms with E-state index in [2.05, 4.69) is 20.6 Å². The second-order valence-corrected chi connectivity index (χ2v) is 9.47. The van der Waals surface area contributed by atoms with Crippen molar-refractivity contribution >= 4 is 39.8 Å². The lowest BCUT2D eigenvalue weighted by Gasteiger charge is -2.22. The molecule has 5 aromatic rings. The zero-order chi connectivity index (χ0) is 27.9. The molecule has 0 radical (unpaired) electrons. The quantitative estimate of drug-likeness (QED) is 0.196. The van der Waals surface area contributed by atoms with Crippen LogP contribution in [-0.2, 0) is 38.5 Å². The molecule has 0 bridgehead atoms. The monoisotopic (exact) mass is 538 g/mol. The van der Waals surface area contributed by atoms with E-state index >= 15 is 0 Å². The molecule has 9 heteroatoms. The van der Waals surface area contributed by atoms with E-state index in [0.29, 0.717) is 0 Å².